The number of thiazole rings is 1. The van der Waals surface area contributed by atoms with E-state index in [4.69, 9.17) is 0 Å². The van der Waals surface area contributed by atoms with Crippen LogP contribution in [0.5, 0.6) is 0 Å². The van der Waals surface area contributed by atoms with Crippen LogP contribution in [0, 0.1) is 242 Å². The molecule has 0 aromatic carbocycles. The zero-order valence-electron chi connectivity index (χ0n) is 56.9. The Labute approximate surface area is 500 Å². The Bertz CT molecular complexity index is 2890. The predicted molar refractivity (Wildman–Crippen MR) is 356 cm³/mol. The van der Waals surface area contributed by atoms with Crippen molar-refractivity contribution in [3.63, 3.8) is 0 Å². The molecule has 0 saturated carbocycles. The lowest BCUT2D eigenvalue weighted by molar-refractivity contribution is 0.948. The number of rotatable bonds is 0. The highest BCUT2D eigenvalue weighted by Gasteiger charge is 2.08. The van der Waals surface area contributed by atoms with Crippen LogP contribution in [0.2, 0.25) is 0 Å². The first-order valence-electron chi connectivity index (χ1n) is 28.1. The molecule has 0 unspecified atom stereocenters. The summed E-state index contributed by atoms with van der Waals surface area (Å²) in [7, 11) is 0. The summed E-state index contributed by atoms with van der Waals surface area (Å²) in [6, 6.07) is 0. The lowest BCUT2D eigenvalue weighted by atomic mass is 10.0. The fourth-order valence-electron chi connectivity index (χ4n) is 8.37. The smallest absolute Gasteiger partial charge is 0.125 e. The first-order valence-corrected chi connectivity index (χ1v) is 30.6. The Kier molecular flexibility index (Phi) is 29.4. The maximum Gasteiger partial charge on any atom is 0.125 e. The molecule has 0 amide bonds. The van der Waals surface area contributed by atoms with Gasteiger partial charge in [0.2, 0.25) is 0 Å². The lowest BCUT2D eigenvalue weighted by Gasteiger charge is -2.09. The van der Waals surface area contributed by atoms with E-state index in [2.05, 4.69) is 236 Å². The number of nitrogens with zero attached hydrogens (tertiary/aromatic N) is 7. The number of pyridine rings is 4. The molecule has 10 heteroatoms. The summed E-state index contributed by atoms with van der Waals surface area (Å²) in [6.45, 7) is 73.8. The first-order chi connectivity index (χ1) is 36.7. The molecule has 0 aliphatic rings. The van der Waals surface area contributed by atoms with Crippen molar-refractivity contribution < 1.29 is 0 Å². The summed E-state index contributed by atoms with van der Waals surface area (Å²) >= 11 is 5.55. The fourth-order valence-corrected chi connectivity index (χ4v) is 11.3. The van der Waals surface area contributed by atoms with Crippen molar-refractivity contribution in [2.75, 3.05) is 0 Å². The Morgan fingerprint density at radius 1 is 0.150 bits per heavy atom. The monoisotopic (exact) mass is 1140 g/mol. The predicted octanol–water partition coefficient (Wildman–Crippen LogP) is 20.2. The lowest BCUT2D eigenvalue weighted by Crippen LogP contribution is -1.98. The van der Waals surface area contributed by atoms with Crippen molar-refractivity contribution >= 4 is 34.0 Å². The minimum Gasteiger partial charge on any atom is -0.258 e. The molecule has 0 saturated heterocycles. The summed E-state index contributed by atoms with van der Waals surface area (Å²) in [4.78, 5) is 37.6. The molecule has 8 heterocycles. The zero-order valence-corrected chi connectivity index (χ0v) is 59.3. The molecular formula is C70H105N7S3. The van der Waals surface area contributed by atoms with Gasteiger partial charge in [0, 0.05) is 81.3 Å². The number of aryl methyl sites for hydroxylation is 18. The molecule has 0 N–H and O–H groups in total. The number of thiophene rings is 2. The van der Waals surface area contributed by atoms with Crippen LogP contribution in [0.25, 0.3) is 0 Å². The summed E-state index contributed by atoms with van der Waals surface area (Å²) in [5, 5.41) is 1.17. The number of aromatic nitrogens is 7. The Hall–Kier alpha value is -5.29. The highest BCUT2D eigenvalue weighted by molar-refractivity contribution is 7.12. The quantitative estimate of drug-likeness (QED) is 0.149. The zero-order chi connectivity index (χ0) is 62.3. The fraction of sp³-hybridized carbons (Fsp3) is 0.500. The largest absolute Gasteiger partial charge is 0.258 e. The minimum absolute atomic E-state index is 0.862. The summed E-state index contributed by atoms with van der Waals surface area (Å²) < 4.78 is 0. The van der Waals surface area contributed by atoms with E-state index >= 15 is 0 Å². The molecule has 80 heavy (non-hydrogen) atoms. The second kappa shape index (κ2) is 32.4. The molecule has 8 rings (SSSR count). The van der Waals surface area contributed by atoms with E-state index in [1.54, 1.807) is 11.3 Å². The summed E-state index contributed by atoms with van der Waals surface area (Å²) in [5.74, 6) is 0.862. The van der Waals surface area contributed by atoms with Crippen molar-refractivity contribution in [2.24, 2.45) is 0 Å². The van der Waals surface area contributed by atoms with Crippen molar-refractivity contribution in [1.82, 2.24) is 34.9 Å². The maximum absolute atomic E-state index is 4.43. The third kappa shape index (κ3) is 20.6. The van der Waals surface area contributed by atoms with Crippen molar-refractivity contribution in [1.29, 1.82) is 0 Å². The van der Waals surface area contributed by atoms with Crippen LogP contribution in [-0.2, 0) is 0 Å². The average Bonchev–Trinajstić information content (AvgIpc) is 3.91. The third-order valence-electron chi connectivity index (χ3n) is 16.9. The van der Waals surface area contributed by atoms with Crippen molar-refractivity contribution in [3.05, 3.63) is 192 Å². The van der Waals surface area contributed by atoms with Gasteiger partial charge < -0.3 is 0 Å². The van der Waals surface area contributed by atoms with E-state index in [0.29, 0.717) is 0 Å². The molecular weight excluding hydrogens is 1040 g/mol. The molecule has 8 aromatic heterocycles. The molecule has 0 atom stereocenters. The SMILES string of the molecule is Cc1nc(C)c(C)c(C)c1C.Cc1nc(C)c(C)c(C)c1C.Cc1nc(C)c(C)c(C)c1C.Cc1nc(C)c(C)c(C)c1C.Cc1nc(C)c(C)c(C)n1.Cc1nc(C)c(C)s1.Cc1sc(C)c(C)c1C.Cc1sc(C)c(C)c1C. The van der Waals surface area contributed by atoms with Gasteiger partial charge in [0.25, 0.3) is 0 Å². The Morgan fingerprint density at radius 2 is 0.338 bits per heavy atom. The average molecular weight is 1140 g/mol. The molecule has 0 fully saturated rings. The molecule has 7 nitrogen and oxygen atoms in total. The normalized spacial score (nSPS) is 10.2. The molecule has 0 aliphatic carbocycles. The Morgan fingerprint density at radius 3 is 0.463 bits per heavy atom. The van der Waals surface area contributed by atoms with Crippen LogP contribution in [-0.4, -0.2) is 34.9 Å². The van der Waals surface area contributed by atoms with Crippen LogP contribution in [0.15, 0.2) is 0 Å². The van der Waals surface area contributed by atoms with Crippen LogP contribution >= 0.6 is 34.0 Å². The van der Waals surface area contributed by atoms with Gasteiger partial charge in [0.05, 0.1) is 10.7 Å². The molecule has 438 valence electrons. The van der Waals surface area contributed by atoms with E-state index in [1.807, 2.05) is 64.2 Å². The van der Waals surface area contributed by atoms with Gasteiger partial charge in [-0.2, -0.15) is 0 Å². The van der Waals surface area contributed by atoms with Crippen LogP contribution in [0.3, 0.4) is 0 Å². The minimum atomic E-state index is 0.862. The van der Waals surface area contributed by atoms with Gasteiger partial charge in [0.15, 0.2) is 0 Å². The molecule has 0 radical (unpaired) electrons. The van der Waals surface area contributed by atoms with Gasteiger partial charge in [-0.3, -0.25) is 19.9 Å². The van der Waals surface area contributed by atoms with Crippen molar-refractivity contribution in [3.8, 4) is 0 Å². The van der Waals surface area contributed by atoms with Crippen LogP contribution < -0.4 is 0 Å². The van der Waals surface area contributed by atoms with E-state index in [9.17, 15) is 0 Å². The van der Waals surface area contributed by atoms with Crippen LogP contribution in [0.4, 0.5) is 0 Å². The second-order valence-corrected chi connectivity index (χ2v) is 26.3. The summed E-state index contributed by atoms with van der Waals surface area (Å²) in [5.41, 5.74) is 35.8. The van der Waals surface area contributed by atoms with Gasteiger partial charge in [0.1, 0.15) is 5.82 Å². The number of hydrogen-bond acceptors (Lipinski definition) is 10. The first kappa shape index (κ1) is 72.7. The number of hydrogen-bond donors (Lipinski definition) is 0. The van der Waals surface area contributed by atoms with Gasteiger partial charge in [-0.05, 0) is 337 Å². The van der Waals surface area contributed by atoms with Crippen LogP contribution in [0.1, 0.15) is 192 Å². The topological polar surface area (TPSA) is 90.2 Å². The van der Waals surface area contributed by atoms with Gasteiger partial charge >= 0.3 is 0 Å². The summed E-state index contributed by atoms with van der Waals surface area (Å²) in [6.07, 6.45) is 0. The molecule has 0 spiro atoms. The second-order valence-electron chi connectivity index (χ2n) is 22.0. The van der Waals surface area contributed by atoms with E-state index in [-0.39, 0.29) is 0 Å². The maximum atomic E-state index is 4.43. The van der Waals surface area contributed by atoms with Gasteiger partial charge in [-0.15, -0.1) is 34.0 Å². The van der Waals surface area contributed by atoms with Gasteiger partial charge in [-0.25, -0.2) is 15.0 Å². The van der Waals surface area contributed by atoms with Crippen molar-refractivity contribution in [2.45, 2.75) is 242 Å². The highest BCUT2D eigenvalue weighted by Crippen LogP contribution is 2.26. The third-order valence-corrected chi connectivity index (χ3v) is 20.4. The van der Waals surface area contributed by atoms with E-state index < -0.39 is 0 Å². The molecule has 0 aliphatic heterocycles. The highest BCUT2D eigenvalue weighted by atomic mass is 32.1. The molecule has 8 aromatic rings. The Balaban J connectivity index is 0.000000458. The molecule has 0 bridgehead atoms. The van der Waals surface area contributed by atoms with E-state index in [0.717, 1.165) is 62.8 Å². The standard InChI is InChI=1S/4C10H15N.C8H12N2.2C8H12S.C6H9NS/c4*1-6-7(2)9(4)11-10(5)8(6)3;1-5-6(2)9-8(4)10-7(5)3;2*1-5-6(2)8(4)9-7(5)3;1-4-5(2)8-6(3)7-4/h4*1-5H3;1-4H3;2*1-4H3;1-3H3. The van der Waals surface area contributed by atoms with E-state index in [1.165, 1.54) is 130 Å². The van der Waals surface area contributed by atoms with Gasteiger partial charge in [-0.1, -0.05) is 0 Å².